The zero-order valence-electron chi connectivity index (χ0n) is 12.2. The van der Waals surface area contributed by atoms with Crippen LogP contribution in [0, 0.1) is 0 Å². The molecule has 0 unspecified atom stereocenters. The van der Waals surface area contributed by atoms with Crippen molar-refractivity contribution in [3.05, 3.63) is 29.8 Å². The molecule has 0 saturated heterocycles. The van der Waals surface area contributed by atoms with Gasteiger partial charge in [0.25, 0.3) is 0 Å². The van der Waals surface area contributed by atoms with Gasteiger partial charge in [-0.3, -0.25) is 0 Å². The topological polar surface area (TPSA) is 32.5 Å². The Morgan fingerprint density at radius 2 is 1.67 bits per heavy atom. The molecule has 3 heteroatoms. The highest BCUT2D eigenvalue weighted by molar-refractivity contribution is 5.47. The smallest absolute Gasteiger partial charge is 0.0363 e. The summed E-state index contributed by atoms with van der Waals surface area (Å²) in [5.41, 5.74) is 8.50. The van der Waals surface area contributed by atoms with Crippen LogP contribution in [-0.4, -0.2) is 39.1 Å². The van der Waals surface area contributed by atoms with Gasteiger partial charge in [0.2, 0.25) is 0 Å². The van der Waals surface area contributed by atoms with Gasteiger partial charge in [-0.05, 0) is 51.2 Å². The van der Waals surface area contributed by atoms with Crippen molar-refractivity contribution in [2.24, 2.45) is 5.73 Å². The van der Waals surface area contributed by atoms with E-state index in [9.17, 15) is 0 Å². The monoisotopic (exact) mass is 249 g/mol. The van der Waals surface area contributed by atoms with Crippen LogP contribution in [0.15, 0.2) is 24.3 Å². The minimum Gasteiger partial charge on any atom is -0.375 e. The highest BCUT2D eigenvalue weighted by Crippen LogP contribution is 2.19. The second-order valence-electron chi connectivity index (χ2n) is 5.18. The molecule has 0 aliphatic carbocycles. The molecule has 1 aromatic carbocycles. The van der Waals surface area contributed by atoms with E-state index < -0.39 is 0 Å². The van der Waals surface area contributed by atoms with Crippen molar-refractivity contribution in [1.82, 2.24) is 4.90 Å². The molecule has 102 valence electrons. The Balaban J connectivity index is 2.51. The predicted octanol–water partition coefficient (Wildman–Crippen LogP) is 2.48. The molecule has 0 spiro atoms. The van der Waals surface area contributed by atoms with E-state index in [1.54, 1.807) is 0 Å². The quantitative estimate of drug-likeness (QED) is 0.806. The molecule has 1 rings (SSSR count). The molecule has 3 nitrogen and oxygen atoms in total. The Morgan fingerprint density at radius 1 is 1.06 bits per heavy atom. The first-order valence-corrected chi connectivity index (χ1v) is 6.76. The van der Waals surface area contributed by atoms with Crippen molar-refractivity contribution >= 4 is 5.69 Å². The van der Waals surface area contributed by atoms with Crippen molar-refractivity contribution in [2.75, 3.05) is 39.1 Å². The number of nitrogens with zero attached hydrogens (tertiary/aromatic N) is 2. The summed E-state index contributed by atoms with van der Waals surface area (Å²) in [6, 6.07) is 8.79. The molecule has 0 aliphatic heterocycles. The van der Waals surface area contributed by atoms with Gasteiger partial charge in [-0.1, -0.05) is 19.1 Å². The predicted molar refractivity (Wildman–Crippen MR) is 80.1 cm³/mol. The fourth-order valence-electron chi connectivity index (χ4n) is 1.96. The summed E-state index contributed by atoms with van der Waals surface area (Å²) in [7, 11) is 6.37. The van der Waals surface area contributed by atoms with E-state index in [0.717, 1.165) is 19.5 Å². The summed E-state index contributed by atoms with van der Waals surface area (Å²) in [6.45, 7) is 4.33. The maximum absolute atomic E-state index is 6.01. The van der Waals surface area contributed by atoms with Crippen molar-refractivity contribution in [2.45, 2.75) is 25.8 Å². The molecule has 0 fully saturated rings. The van der Waals surface area contributed by atoms with E-state index in [-0.39, 0.29) is 6.04 Å². The first kappa shape index (κ1) is 15.0. The zero-order valence-corrected chi connectivity index (χ0v) is 12.2. The maximum atomic E-state index is 6.01. The minimum atomic E-state index is 0.165. The van der Waals surface area contributed by atoms with Gasteiger partial charge in [0, 0.05) is 25.3 Å². The van der Waals surface area contributed by atoms with Crippen LogP contribution in [0.5, 0.6) is 0 Å². The molecule has 0 radical (unpaired) electrons. The SMILES string of the molecule is CC[C@@H](N)c1ccc(N(C)CCCN(C)C)cc1. The third kappa shape index (κ3) is 4.67. The third-order valence-corrected chi connectivity index (χ3v) is 3.30. The summed E-state index contributed by atoms with van der Waals surface area (Å²) in [4.78, 5) is 4.52. The Hall–Kier alpha value is -1.06. The lowest BCUT2D eigenvalue weighted by Gasteiger charge is -2.21. The Labute approximate surface area is 112 Å². The minimum absolute atomic E-state index is 0.165. The van der Waals surface area contributed by atoms with Gasteiger partial charge >= 0.3 is 0 Å². The summed E-state index contributed by atoms with van der Waals surface area (Å²) in [5.74, 6) is 0. The van der Waals surface area contributed by atoms with Crippen LogP contribution in [-0.2, 0) is 0 Å². The van der Waals surface area contributed by atoms with Crippen LogP contribution < -0.4 is 10.6 Å². The molecule has 0 amide bonds. The third-order valence-electron chi connectivity index (χ3n) is 3.30. The number of benzene rings is 1. The van der Waals surface area contributed by atoms with Gasteiger partial charge in [-0.25, -0.2) is 0 Å². The number of hydrogen-bond donors (Lipinski definition) is 1. The molecule has 0 saturated carbocycles. The van der Waals surface area contributed by atoms with E-state index in [1.807, 2.05) is 0 Å². The molecule has 1 atom stereocenters. The fourth-order valence-corrected chi connectivity index (χ4v) is 1.96. The molecule has 2 N–H and O–H groups in total. The van der Waals surface area contributed by atoms with Gasteiger partial charge in [0.1, 0.15) is 0 Å². The largest absolute Gasteiger partial charge is 0.375 e. The standard InChI is InChI=1S/C15H27N3/c1-5-15(16)13-7-9-14(10-8-13)18(4)12-6-11-17(2)3/h7-10,15H,5-6,11-12,16H2,1-4H3/t15-/m1/s1. The first-order valence-electron chi connectivity index (χ1n) is 6.76. The average molecular weight is 249 g/mol. The van der Waals surface area contributed by atoms with E-state index in [0.29, 0.717) is 0 Å². The fraction of sp³-hybridized carbons (Fsp3) is 0.600. The highest BCUT2D eigenvalue weighted by Gasteiger charge is 2.05. The molecule has 18 heavy (non-hydrogen) atoms. The highest BCUT2D eigenvalue weighted by atomic mass is 15.1. The van der Waals surface area contributed by atoms with Gasteiger partial charge in [0.15, 0.2) is 0 Å². The van der Waals surface area contributed by atoms with Crippen LogP contribution in [0.3, 0.4) is 0 Å². The molecular weight excluding hydrogens is 222 g/mol. The van der Waals surface area contributed by atoms with Gasteiger partial charge in [-0.15, -0.1) is 0 Å². The number of nitrogens with two attached hydrogens (primary N) is 1. The maximum Gasteiger partial charge on any atom is 0.0363 e. The lowest BCUT2D eigenvalue weighted by Crippen LogP contribution is -2.23. The van der Waals surface area contributed by atoms with Gasteiger partial charge in [0.05, 0.1) is 0 Å². The van der Waals surface area contributed by atoms with Crippen LogP contribution in [0.25, 0.3) is 0 Å². The molecule has 1 aromatic rings. The van der Waals surface area contributed by atoms with Crippen LogP contribution in [0.4, 0.5) is 5.69 Å². The normalized spacial score (nSPS) is 12.8. The summed E-state index contributed by atoms with van der Waals surface area (Å²) in [5, 5.41) is 0. The average Bonchev–Trinajstić information content (AvgIpc) is 2.37. The Morgan fingerprint density at radius 3 is 2.17 bits per heavy atom. The van der Waals surface area contributed by atoms with Crippen molar-refractivity contribution in [1.29, 1.82) is 0 Å². The molecule has 0 bridgehead atoms. The van der Waals surface area contributed by atoms with Gasteiger partial charge in [-0.2, -0.15) is 0 Å². The van der Waals surface area contributed by atoms with Crippen molar-refractivity contribution in [3.8, 4) is 0 Å². The van der Waals surface area contributed by atoms with Crippen LogP contribution >= 0.6 is 0 Å². The Kier molecular flexibility index (Phi) is 6.16. The molecule has 0 aromatic heterocycles. The van der Waals surface area contributed by atoms with E-state index in [4.69, 9.17) is 5.73 Å². The molecular formula is C15H27N3. The van der Waals surface area contributed by atoms with E-state index >= 15 is 0 Å². The second kappa shape index (κ2) is 7.39. The number of rotatable bonds is 7. The zero-order chi connectivity index (χ0) is 13.5. The first-order chi connectivity index (χ1) is 8.54. The van der Waals surface area contributed by atoms with Crippen LogP contribution in [0.2, 0.25) is 0 Å². The lowest BCUT2D eigenvalue weighted by molar-refractivity contribution is 0.401. The number of anilines is 1. The molecule has 0 heterocycles. The van der Waals surface area contributed by atoms with Crippen molar-refractivity contribution < 1.29 is 0 Å². The van der Waals surface area contributed by atoms with Crippen LogP contribution in [0.1, 0.15) is 31.4 Å². The Bertz CT molecular complexity index is 332. The molecule has 0 aliphatic rings. The second-order valence-corrected chi connectivity index (χ2v) is 5.18. The van der Waals surface area contributed by atoms with Gasteiger partial charge < -0.3 is 15.5 Å². The van der Waals surface area contributed by atoms with E-state index in [2.05, 4.69) is 62.1 Å². The lowest BCUT2D eigenvalue weighted by atomic mass is 10.1. The summed E-state index contributed by atoms with van der Waals surface area (Å²) in [6.07, 6.45) is 2.16. The van der Waals surface area contributed by atoms with E-state index in [1.165, 1.54) is 17.7 Å². The summed E-state index contributed by atoms with van der Waals surface area (Å²) >= 11 is 0. The summed E-state index contributed by atoms with van der Waals surface area (Å²) < 4.78 is 0. The number of hydrogen-bond acceptors (Lipinski definition) is 3. The van der Waals surface area contributed by atoms with Crippen molar-refractivity contribution in [3.63, 3.8) is 0 Å².